The van der Waals surface area contributed by atoms with Crippen LogP contribution in [0.15, 0.2) is 0 Å². The summed E-state index contributed by atoms with van der Waals surface area (Å²) in [5, 5.41) is 0. The smallest absolute Gasteiger partial charge is 0 e. The van der Waals surface area contributed by atoms with Crippen LogP contribution in [0.25, 0.3) is 0 Å². The molecule has 0 saturated heterocycles. The molecule has 0 N–H and O–H groups in total. The van der Waals surface area contributed by atoms with Gasteiger partial charge in [-0.15, -0.1) is 0 Å². The third kappa shape index (κ3) is 11.0. The molecular formula is C4H9Er-. The topological polar surface area (TPSA) is 0 Å². The summed E-state index contributed by atoms with van der Waals surface area (Å²) < 4.78 is 0. The van der Waals surface area contributed by atoms with Crippen LogP contribution in [0.5, 0.6) is 0 Å². The average molecular weight is 224 g/mol. The first-order chi connectivity index (χ1) is 1.91. The summed E-state index contributed by atoms with van der Waals surface area (Å²) in [6, 6.07) is 0. The Hall–Kier alpha value is 1.25. The predicted molar refractivity (Wildman–Crippen MR) is 20.3 cm³/mol. The van der Waals surface area contributed by atoms with Gasteiger partial charge in [-0.3, -0.25) is 0 Å². The van der Waals surface area contributed by atoms with E-state index in [9.17, 15) is 0 Å². The first-order valence-corrected chi connectivity index (χ1v) is 1.71. The van der Waals surface area contributed by atoms with Gasteiger partial charge in [0, 0.05) is 37.3 Å². The van der Waals surface area contributed by atoms with E-state index in [0.29, 0.717) is 0 Å². The molecule has 5 heavy (non-hydrogen) atoms. The van der Waals surface area contributed by atoms with Gasteiger partial charge in [0.15, 0.2) is 0 Å². The van der Waals surface area contributed by atoms with Crippen LogP contribution in [-0.4, -0.2) is 0 Å². The predicted octanol–water partition coefficient (Wildman–Crippen LogP) is 1.62. The molecule has 0 amide bonds. The van der Waals surface area contributed by atoms with E-state index in [4.69, 9.17) is 0 Å². The Bertz CT molecular complexity index is 5.61. The third-order valence-electron chi connectivity index (χ3n) is 0.354. The van der Waals surface area contributed by atoms with Gasteiger partial charge in [-0.2, -0.15) is 6.42 Å². The zero-order valence-corrected chi connectivity index (χ0v) is 5.26. The van der Waals surface area contributed by atoms with Crippen LogP contribution in [0.3, 0.4) is 0 Å². The van der Waals surface area contributed by atoms with Gasteiger partial charge in [0.25, 0.3) is 0 Å². The molecular weight excluding hydrogens is 215 g/mol. The summed E-state index contributed by atoms with van der Waals surface area (Å²) in [6.07, 6.45) is 2.28. The summed E-state index contributed by atoms with van der Waals surface area (Å²) in [7, 11) is 0. The monoisotopic (exact) mass is 223 g/mol. The zero-order valence-electron chi connectivity index (χ0n) is 3.41. The molecule has 0 aliphatic heterocycles. The molecule has 0 nitrogen and oxygen atoms in total. The molecule has 0 heterocycles. The second-order valence-electron chi connectivity index (χ2n) is 0.854. The molecule has 0 aromatic rings. The van der Waals surface area contributed by atoms with E-state index in [1.165, 1.54) is 6.42 Å². The standard InChI is InChI=1S/C4H9.Er/c1-3-4-2;/h1,3-4H2,2H3;/q-1;. The van der Waals surface area contributed by atoms with Crippen molar-refractivity contribution in [3.8, 4) is 0 Å². The van der Waals surface area contributed by atoms with E-state index in [-0.39, 0.29) is 37.3 Å². The minimum atomic E-state index is 0. The molecule has 0 atom stereocenters. The van der Waals surface area contributed by atoms with Gasteiger partial charge >= 0.3 is 0 Å². The second-order valence-corrected chi connectivity index (χ2v) is 0.854. The van der Waals surface area contributed by atoms with E-state index in [2.05, 4.69) is 13.8 Å². The van der Waals surface area contributed by atoms with Gasteiger partial charge in [-0.1, -0.05) is 13.3 Å². The van der Waals surface area contributed by atoms with E-state index >= 15 is 0 Å². The Morgan fingerprint density at radius 3 is 1.80 bits per heavy atom. The van der Waals surface area contributed by atoms with Crippen LogP contribution in [0.2, 0.25) is 0 Å². The minimum Gasteiger partial charge on any atom is -0.343 e. The largest absolute Gasteiger partial charge is 0.343 e. The molecule has 0 spiro atoms. The summed E-state index contributed by atoms with van der Waals surface area (Å²) in [5.74, 6) is 0. The molecule has 0 saturated carbocycles. The van der Waals surface area contributed by atoms with Crippen LogP contribution < -0.4 is 0 Å². The van der Waals surface area contributed by atoms with Crippen LogP contribution >= 0.6 is 0 Å². The van der Waals surface area contributed by atoms with Crippen LogP contribution in [0.1, 0.15) is 19.8 Å². The Balaban J connectivity index is 0. The maximum absolute atomic E-state index is 3.60. The van der Waals surface area contributed by atoms with Crippen molar-refractivity contribution in [2.75, 3.05) is 0 Å². The van der Waals surface area contributed by atoms with Gasteiger partial charge in [-0.25, -0.2) is 0 Å². The number of unbranched alkanes of at least 4 members (excludes halogenated alkanes) is 1. The number of rotatable bonds is 1. The van der Waals surface area contributed by atoms with Crippen LogP contribution in [0, 0.1) is 44.2 Å². The molecule has 1 heteroatoms. The maximum atomic E-state index is 3.60. The van der Waals surface area contributed by atoms with Crippen molar-refractivity contribution in [2.45, 2.75) is 19.8 Å². The fraction of sp³-hybridized carbons (Fsp3) is 0.750. The Morgan fingerprint density at radius 1 is 1.60 bits per heavy atom. The Morgan fingerprint density at radius 2 is 1.80 bits per heavy atom. The molecule has 0 aliphatic carbocycles. The zero-order chi connectivity index (χ0) is 3.41. The van der Waals surface area contributed by atoms with Crippen molar-refractivity contribution in [1.29, 1.82) is 0 Å². The van der Waals surface area contributed by atoms with Gasteiger partial charge in [-0.05, 0) is 0 Å². The normalized spacial score (nSPS) is 6.00. The second kappa shape index (κ2) is 8.98. The first-order valence-electron chi connectivity index (χ1n) is 1.71. The van der Waals surface area contributed by atoms with Gasteiger partial charge in [0.2, 0.25) is 0 Å². The van der Waals surface area contributed by atoms with Crippen molar-refractivity contribution in [3.63, 3.8) is 0 Å². The quantitative estimate of drug-likeness (QED) is 0.594. The summed E-state index contributed by atoms with van der Waals surface area (Å²) in [6.45, 7) is 5.72. The number of hydrogen-bond donors (Lipinski definition) is 0. The Kier molecular flexibility index (Phi) is 17.1. The number of hydrogen-bond acceptors (Lipinski definition) is 0. The van der Waals surface area contributed by atoms with Gasteiger partial charge in [0.1, 0.15) is 0 Å². The molecule has 0 radical (unpaired) electrons. The van der Waals surface area contributed by atoms with Crippen LogP contribution in [0.4, 0.5) is 0 Å². The average Bonchev–Trinajstić information content (AvgIpc) is 1.37. The fourth-order valence-electron chi connectivity index (χ4n) is 0. The van der Waals surface area contributed by atoms with Crippen molar-refractivity contribution >= 4 is 0 Å². The molecule has 0 aliphatic rings. The van der Waals surface area contributed by atoms with Gasteiger partial charge in [0.05, 0.1) is 0 Å². The Labute approximate surface area is 63.5 Å². The molecule has 0 fully saturated rings. The summed E-state index contributed by atoms with van der Waals surface area (Å²) in [4.78, 5) is 0. The third-order valence-corrected chi connectivity index (χ3v) is 0.354. The van der Waals surface area contributed by atoms with E-state index in [1.807, 2.05) is 0 Å². The van der Waals surface area contributed by atoms with Gasteiger partial charge < -0.3 is 6.92 Å². The fourth-order valence-corrected chi connectivity index (χ4v) is 0. The minimum absolute atomic E-state index is 0. The maximum Gasteiger partial charge on any atom is 0 e. The summed E-state index contributed by atoms with van der Waals surface area (Å²) in [5.41, 5.74) is 0. The molecule has 0 rings (SSSR count). The van der Waals surface area contributed by atoms with Crippen molar-refractivity contribution in [1.82, 2.24) is 0 Å². The van der Waals surface area contributed by atoms with Crippen molar-refractivity contribution in [3.05, 3.63) is 6.92 Å². The molecule has 38 valence electrons. The van der Waals surface area contributed by atoms with Crippen molar-refractivity contribution in [2.24, 2.45) is 0 Å². The van der Waals surface area contributed by atoms with E-state index in [0.717, 1.165) is 6.42 Å². The summed E-state index contributed by atoms with van der Waals surface area (Å²) >= 11 is 0. The molecule has 0 aromatic heterocycles. The van der Waals surface area contributed by atoms with E-state index in [1.54, 1.807) is 0 Å². The first kappa shape index (κ1) is 9.54. The molecule has 0 unspecified atom stereocenters. The molecule has 0 aromatic carbocycles. The van der Waals surface area contributed by atoms with Crippen LogP contribution in [-0.2, 0) is 0 Å². The molecule has 0 bridgehead atoms. The SMILES string of the molecule is [CH2-]CCC.[Er]. The van der Waals surface area contributed by atoms with Crippen molar-refractivity contribution < 1.29 is 37.3 Å². The van der Waals surface area contributed by atoms with E-state index < -0.39 is 0 Å².